The van der Waals surface area contributed by atoms with Gasteiger partial charge >= 0.3 is 5.97 Å². The maximum Gasteiger partial charge on any atom is 0.337 e. The summed E-state index contributed by atoms with van der Waals surface area (Å²) in [6.45, 7) is 0. The summed E-state index contributed by atoms with van der Waals surface area (Å²) in [5, 5.41) is 13.1. The lowest BCUT2D eigenvalue weighted by molar-refractivity contribution is 0.0601. The summed E-state index contributed by atoms with van der Waals surface area (Å²) in [6, 6.07) is 15.5. The summed E-state index contributed by atoms with van der Waals surface area (Å²) in [6.07, 6.45) is 0. The second kappa shape index (κ2) is 5.39. The molecule has 0 N–H and O–H groups in total. The summed E-state index contributed by atoms with van der Waals surface area (Å²) < 4.78 is 4.77. The van der Waals surface area contributed by atoms with Crippen LogP contribution in [-0.4, -0.2) is 13.1 Å². The zero-order chi connectivity index (χ0) is 14.8. The summed E-state index contributed by atoms with van der Waals surface area (Å²) in [5.74, 6) is -0.363. The van der Waals surface area contributed by atoms with Crippen LogP contribution in [0, 0.1) is 11.3 Å². The summed E-state index contributed by atoms with van der Waals surface area (Å²) in [4.78, 5) is 12.4. The molecule has 4 heteroatoms. The van der Waals surface area contributed by atoms with Crippen LogP contribution in [0.4, 0.5) is 0 Å². The number of hydrogen-bond acceptors (Lipinski definition) is 4. The second-order valence-electron chi connectivity index (χ2n) is 4.51. The van der Waals surface area contributed by atoms with E-state index in [9.17, 15) is 10.1 Å². The van der Waals surface area contributed by atoms with Crippen LogP contribution in [0.1, 0.15) is 15.2 Å². The molecule has 0 amide bonds. The third-order valence-electron chi connectivity index (χ3n) is 3.36. The van der Waals surface area contributed by atoms with Gasteiger partial charge in [0.2, 0.25) is 0 Å². The van der Waals surface area contributed by atoms with Crippen molar-refractivity contribution < 1.29 is 9.53 Å². The van der Waals surface area contributed by atoms with E-state index in [0.717, 1.165) is 21.9 Å². The van der Waals surface area contributed by atoms with E-state index in [4.69, 9.17) is 4.74 Å². The Morgan fingerprint density at radius 3 is 2.81 bits per heavy atom. The van der Waals surface area contributed by atoms with Gasteiger partial charge in [-0.25, -0.2) is 4.79 Å². The molecule has 0 aliphatic heterocycles. The molecule has 0 radical (unpaired) electrons. The summed E-state index contributed by atoms with van der Waals surface area (Å²) in [7, 11) is 1.37. The number of ether oxygens (including phenoxy) is 1. The molecule has 0 bridgehead atoms. The molecule has 1 heterocycles. The number of carbonyl (C=O) groups is 1. The molecule has 0 spiro atoms. The van der Waals surface area contributed by atoms with Crippen molar-refractivity contribution in [3.05, 3.63) is 58.3 Å². The lowest BCUT2D eigenvalue weighted by Crippen LogP contribution is -2.00. The van der Waals surface area contributed by atoms with E-state index < -0.39 is 0 Å². The Hall–Kier alpha value is -2.64. The molecule has 3 nitrogen and oxygen atoms in total. The van der Waals surface area contributed by atoms with Gasteiger partial charge in [-0.1, -0.05) is 24.3 Å². The van der Waals surface area contributed by atoms with Gasteiger partial charge < -0.3 is 4.74 Å². The van der Waals surface area contributed by atoms with Crippen LogP contribution in [0.3, 0.4) is 0 Å². The minimum atomic E-state index is -0.363. The highest BCUT2D eigenvalue weighted by Gasteiger charge is 2.12. The Balaban J connectivity index is 2.28. The van der Waals surface area contributed by atoms with Gasteiger partial charge in [-0.2, -0.15) is 5.26 Å². The van der Waals surface area contributed by atoms with Gasteiger partial charge in [0.25, 0.3) is 0 Å². The van der Waals surface area contributed by atoms with Gasteiger partial charge in [0.1, 0.15) is 10.9 Å². The van der Waals surface area contributed by atoms with Crippen LogP contribution in [0.5, 0.6) is 0 Å². The van der Waals surface area contributed by atoms with Gasteiger partial charge in [-0.05, 0) is 39.9 Å². The maximum absolute atomic E-state index is 11.7. The summed E-state index contributed by atoms with van der Waals surface area (Å²) in [5.41, 5.74) is 2.36. The zero-order valence-electron chi connectivity index (χ0n) is 11.3. The molecule has 21 heavy (non-hydrogen) atoms. The zero-order valence-corrected chi connectivity index (χ0v) is 12.1. The van der Waals surface area contributed by atoms with E-state index in [1.807, 2.05) is 41.8 Å². The number of benzene rings is 2. The SMILES string of the molecule is COC(=O)c1ccc2cccc(-c3ccsc3C#N)c2c1. The van der Waals surface area contributed by atoms with Crippen LogP contribution in [0.15, 0.2) is 47.8 Å². The molecule has 0 fully saturated rings. The number of fused-ring (bicyclic) bond motifs is 1. The molecule has 0 aliphatic carbocycles. The minimum absolute atomic E-state index is 0.363. The number of nitriles is 1. The predicted octanol–water partition coefficient (Wildman–Crippen LogP) is 4.23. The third-order valence-corrected chi connectivity index (χ3v) is 4.18. The number of hydrogen-bond donors (Lipinski definition) is 0. The standard InChI is InChI=1S/C17H11NO2S/c1-20-17(19)12-6-5-11-3-2-4-13(15(11)9-12)14-7-8-21-16(14)10-18/h2-9H,1H3. The highest BCUT2D eigenvalue weighted by atomic mass is 32.1. The quantitative estimate of drug-likeness (QED) is 0.664. The van der Waals surface area contributed by atoms with E-state index in [2.05, 4.69) is 6.07 Å². The van der Waals surface area contributed by atoms with Crippen molar-refractivity contribution in [1.82, 2.24) is 0 Å². The molecular formula is C17H11NO2S. The van der Waals surface area contributed by atoms with Crippen molar-refractivity contribution in [2.24, 2.45) is 0 Å². The van der Waals surface area contributed by atoms with Crippen LogP contribution in [0.25, 0.3) is 21.9 Å². The highest BCUT2D eigenvalue weighted by Crippen LogP contribution is 2.33. The number of esters is 1. The van der Waals surface area contributed by atoms with Gasteiger partial charge in [0.15, 0.2) is 0 Å². The lowest BCUT2D eigenvalue weighted by Gasteiger charge is -2.07. The van der Waals surface area contributed by atoms with E-state index >= 15 is 0 Å². The fourth-order valence-corrected chi connectivity index (χ4v) is 3.06. The Labute approximate surface area is 126 Å². The first-order valence-corrected chi connectivity index (χ1v) is 7.21. The topological polar surface area (TPSA) is 50.1 Å². The number of methoxy groups -OCH3 is 1. The molecule has 0 unspecified atom stereocenters. The molecular weight excluding hydrogens is 282 g/mol. The molecule has 2 aromatic carbocycles. The summed E-state index contributed by atoms with van der Waals surface area (Å²) >= 11 is 1.42. The average molecular weight is 293 g/mol. The van der Waals surface area contributed by atoms with Crippen LogP contribution in [0.2, 0.25) is 0 Å². The number of rotatable bonds is 2. The van der Waals surface area contributed by atoms with Gasteiger partial charge in [0, 0.05) is 5.56 Å². The first kappa shape index (κ1) is 13.3. The molecule has 3 rings (SSSR count). The van der Waals surface area contributed by atoms with Gasteiger partial charge in [-0.3, -0.25) is 0 Å². The average Bonchev–Trinajstić information content (AvgIpc) is 3.01. The normalized spacial score (nSPS) is 10.3. The van der Waals surface area contributed by atoms with Crippen molar-refractivity contribution in [2.75, 3.05) is 7.11 Å². The van der Waals surface area contributed by atoms with Crippen molar-refractivity contribution >= 4 is 28.1 Å². The number of carbonyl (C=O) groups excluding carboxylic acids is 1. The van der Waals surface area contributed by atoms with Crippen molar-refractivity contribution in [3.8, 4) is 17.2 Å². The van der Waals surface area contributed by atoms with E-state index in [0.29, 0.717) is 10.4 Å². The van der Waals surface area contributed by atoms with Crippen LogP contribution < -0.4 is 0 Å². The highest BCUT2D eigenvalue weighted by molar-refractivity contribution is 7.11. The molecule has 102 valence electrons. The molecule has 0 aliphatic rings. The Morgan fingerprint density at radius 1 is 1.19 bits per heavy atom. The fraction of sp³-hybridized carbons (Fsp3) is 0.0588. The first-order valence-electron chi connectivity index (χ1n) is 6.33. The monoisotopic (exact) mass is 293 g/mol. The molecule has 3 aromatic rings. The number of nitrogens with zero attached hydrogens (tertiary/aromatic N) is 1. The van der Waals surface area contributed by atoms with Crippen molar-refractivity contribution in [3.63, 3.8) is 0 Å². The predicted molar refractivity (Wildman–Crippen MR) is 83.3 cm³/mol. The third kappa shape index (κ3) is 2.28. The second-order valence-corrected chi connectivity index (χ2v) is 5.42. The largest absolute Gasteiger partial charge is 0.465 e. The molecule has 0 saturated carbocycles. The van der Waals surface area contributed by atoms with E-state index in [1.54, 1.807) is 6.07 Å². The Bertz CT molecular complexity index is 874. The minimum Gasteiger partial charge on any atom is -0.465 e. The van der Waals surface area contributed by atoms with Crippen LogP contribution >= 0.6 is 11.3 Å². The lowest BCUT2D eigenvalue weighted by atomic mass is 9.97. The fourth-order valence-electron chi connectivity index (χ4n) is 2.36. The van der Waals surface area contributed by atoms with Crippen molar-refractivity contribution in [2.45, 2.75) is 0 Å². The smallest absolute Gasteiger partial charge is 0.337 e. The maximum atomic E-state index is 11.7. The molecule has 1 aromatic heterocycles. The van der Waals surface area contributed by atoms with Crippen LogP contribution in [-0.2, 0) is 4.74 Å². The van der Waals surface area contributed by atoms with Gasteiger partial charge in [-0.15, -0.1) is 11.3 Å². The molecule has 0 atom stereocenters. The van der Waals surface area contributed by atoms with Crippen molar-refractivity contribution in [1.29, 1.82) is 5.26 Å². The molecule has 0 saturated heterocycles. The first-order chi connectivity index (χ1) is 10.2. The Kier molecular flexibility index (Phi) is 3.43. The van der Waals surface area contributed by atoms with E-state index in [-0.39, 0.29) is 5.97 Å². The van der Waals surface area contributed by atoms with E-state index in [1.165, 1.54) is 18.4 Å². The number of thiophene rings is 1. The Morgan fingerprint density at radius 2 is 2.05 bits per heavy atom. The van der Waals surface area contributed by atoms with Gasteiger partial charge in [0.05, 0.1) is 12.7 Å².